The van der Waals surface area contributed by atoms with E-state index >= 15 is 0 Å². The minimum Gasteiger partial charge on any atom is -0.347 e. The van der Waals surface area contributed by atoms with Crippen molar-refractivity contribution in [2.75, 3.05) is 0 Å². The lowest BCUT2D eigenvalue weighted by atomic mass is 10.1. The molecule has 0 amide bonds. The molecule has 92 valence electrons. The van der Waals surface area contributed by atoms with Gasteiger partial charge in [-0.05, 0) is 30.5 Å². The number of benzene rings is 1. The highest BCUT2D eigenvalue weighted by Crippen LogP contribution is 2.24. The molecule has 18 heavy (non-hydrogen) atoms. The molecule has 0 saturated carbocycles. The summed E-state index contributed by atoms with van der Waals surface area (Å²) in [6, 6.07) is 12.8. The summed E-state index contributed by atoms with van der Waals surface area (Å²) >= 11 is 0. The number of rotatable bonds is 3. The lowest BCUT2D eigenvalue weighted by Gasteiger charge is -2.06. The second-order valence-corrected chi connectivity index (χ2v) is 4.65. The monoisotopic (exact) mass is 238 g/mol. The van der Waals surface area contributed by atoms with E-state index in [2.05, 4.69) is 41.8 Å². The molecule has 0 radical (unpaired) electrons. The summed E-state index contributed by atoms with van der Waals surface area (Å²) in [5.74, 6) is 0. The predicted octanol–water partition coefficient (Wildman–Crippen LogP) is 3.82. The molecule has 1 aromatic carbocycles. The van der Waals surface area contributed by atoms with Gasteiger partial charge in [-0.25, -0.2) is 0 Å². The number of nitriles is 1. The van der Waals surface area contributed by atoms with Crippen molar-refractivity contribution in [3.8, 4) is 17.3 Å². The normalized spacial score (nSPS) is 10.3. The van der Waals surface area contributed by atoms with E-state index in [9.17, 15) is 0 Å². The Kier molecular flexibility index (Phi) is 3.53. The van der Waals surface area contributed by atoms with Gasteiger partial charge in [-0.15, -0.1) is 0 Å². The zero-order chi connectivity index (χ0) is 13.1. The molecule has 2 nitrogen and oxygen atoms in total. The van der Waals surface area contributed by atoms with Crippen molar-refractivity contribution in [3.05, 3.63) is 47.2 Å². The Morgan fingerprint density at radius 3 is 2.39 bits per heavy atom. The Bertz CT molecular complexity index is 583. The first kappa shape index (κ1) is 12.4. The Hall–Kier alpha value is -2.01. The van der Waals surface area contributed by atoms with E-state index in [1.807, 2.05) is 20.0 Å². The van der Waals surface area contributed by atoms with Crippen LogP contribution < -0.4 is 0 Å². The van der Waals surface area contributed by atoms with E-state index in [0.717, 1.165) is 23.4 Å². The van der Waals surface area contributed by atoms with Crippen LogP contribution in [0.4, 0.5) is 0 Å². The number of aryl methyl sites for hydroxylation is 1. The van der Waals surface area contributed by atoms with Gasteiger partial charge in [0.05, 0.1) is 5.56 Å². The van der Waals surface area contributed by atoms with Crippen LogP contribution in [0, 0.1) is 18.3 Å². The van der Waals surface area contributed by atoms with Crippen molar-refractivity contribution in [1.82, 2.24) is 4.57 Å². The Morgan fingerprint density at radius 1 is 1.22 bits per heavy atom. The van der Waals surface area contributed by atoms with Gasteiger partial charge in [0.1, 0.15) is 6.07 Å². The molecule has 0 aliphatic carbocycles. The molecule has 2 aromatic rings. The predicted molar refractivity (Wildman–Crippen MR) is 74.3 cm³/mol. The minimum atomic E-state index is 0.755. The number of nitrogens with zero attached hydrogens (tertiary/aromatic N) is 2. The van der Waals surface area contributed by atoms with Crippen molar-refractivity contribution in [3.63, 3.8) is 0 Å². The molecule has 0 atom stereocenters. The summed E-state index contributed by atoms with van der Waals surface area (Å²) in [6.07, 6.45) is 2.29. The van der Waals surface area contributed by atoms with Crippen molar-refractivity contribution in [2.24, 2.45) is 7.05 Å². The van der Waals surface area contributed by atoms with Crippen molar-refractivity contribution in [2.45, 2.75) is 26.7 Å². The lowest BCUT2D eigenvalue weighted by Crippen LogP contribution is -1.94. The highest BCUT2D eigenvalue weighted by Gasteiger charge is 2.09. The smallest absolute Gasteiger partial charge is 0.101 e. The Labute approximate surface area is 108 Å². The Morgan fingerprint density at radius 2 is 1.89 bits per heavy atom. The average molecular weight is 238 g/mol. The SMILES string of the molecule is CCCc1ccc(-c2cc(C#N)c(C)n2C)cc1. The zero-order valence-electron chi connectivity index (χ0n) is 11.2. The molecule has 0 N–H and O–H groups in total. The molecule has 0 aliphatic heterocycles. The zero-order valence-corrected chi connectivity index (χ0v) is 11.2. The van der Waals surface area contributed by atoms with E-state index in [1.165, 1.54) is 17.5 Å². The fraction of sp³-hybridized carbons (Fsp3) is 0.312. The van der Waals surface area contributed by atoms with Gasteiger partial charge in [0.2, 0.25) is 0 Å². The molecule has 0 aliphatic rings. The maximum Gasteiger partial charge on any atom is 0.101 e. The average Bonchev–Trinajstić information content (AvgIpc) is 2.68. The van der Waals surface area contributed by atoms with Crippen molar-refractivity contribution in [1.29, 1.82) is 5.26 Å². The molecule has 2 heteroatoms. The molecular weight excluding hydrogens is 220 g/mol. The summed E-state index contributed by atoms with van der Waals surface area (Å²) in [5.41, 5.74) is 5.41. The third-order valence-corrected chi connectivity index (χ3v) is 3.44. The maximum absolute atomic E-state index is 9.05. The minimum absolute atomic E-state index is 0.755. The van der Waals surface area contributed by atoms with Crippen LogP contribution in [0.1, 0.15) is 30.2 Å². The topological polar surface area (TPSA) is 28.7 Å². The quantitative estimate of drug-likeness (QED) is 0.799. The van der Waals surface area contributed by atoms with Gasteiger partial charge in [0.15, 0.2) is 0 Å². The van der Waals surface area contributed by atoms with Crippen LogP contribution in [-0.4, -0.2) is 4.57 Å². The molecular formula is C16H18N2. The van der Waals surface area contributed by atoms with E-state index in [0.29, 0.717) is 0 Å². The third-order valence-electron chi connectivity index (χ3n) is 3.44. The molecule has 0 bridgehead atoms. The molecule has 0 saturated heterocycles. The van der Waals surface area contributed by atoms with Crippen LogP contribution in [-0.2, 0) is 13.5 Å². The summed E-state index contributed by atoms with van der Waals surface area (Å²) in [7, 11) is 2.01. The van der Waals surface area contributed by atoms with E-state index in [4.69, 9.17) is 5.26 Å². The van der Waals surface area contributed by atoms with Crippen LogP contribution in [0.15, 0.2) is 30.3 Å². The highest BCUT2D eigenvalue weighted by atomic mass is 15.0. The van der Waals surface area contributed by atoms with Gasteiger partial charge < -0.3 is 4.57 Å². The largest absolute Gasteiger partial charge is 0.347 e. The Balaban J connectivity index is 2.40. The van der Waals surface area contributed by atoms with Gasteiger partial charge in [-0.3, -0.25) is 0 Å². The number of aromatic nitrogens is 1. The van der Waals surface area contributed by atoms with Crippen LogP contribution in [0.5, 0.6) is 0 Å². The molecule has 0 unspecified atom stereocenters. The van der Waals surface area contributed by atoms with Gasteiger partial charge in [-0.2, -0.15) is 5.26 Å². The second-order valence-electron chi connectivity index (χ2n) is 4.65. The number of hydrogen-bond donors (Lipinski definition) is 0. The molecule has 1 aromatic heterocycles. The second kappa shape index (κ2) is 5.10. The molecule has 0 spiro atoms. The summed E-state index contributed by atoms with van der Waals surface area (Å²) < 4.78 is 2.08. The summed E-state index contributed by atoms with van der Waals surface area (Å²) in [4.78, 5) is 0. The fourth-order valence-electron chi connectivity index (χ4n) is 2.22. The van der Waals surface area contributed by atoms with Crippen LogP contribution in [0.3, 0.4) is 0 Å². The van der Waals surface area contributed by atoms with Gasteiger partial charge >= 0.3 is 0 Å². The van der Waals surface area contributed by atoms with Crippen molar-refractivity contribution < 1.29 is 0 Å². The van der Waals surface area contributed by atoms with Crippen LogP contribution >= 0.6 is 0 Å². The maximum atomic E-state index is 9.05. The standard InChI is InChI=1S/C16H18N2/c1-4-5-13-6-8-14(9-7-13)16-10-15(11-17)12(2)18(16)3/h6-10H,4-5H2,1-3H3. The van der Waals surface area contributed by atoms with Crippen LogP contribution in [0.25, 0.3) is 11.3 Å². The first-order valence-electron chi connectivity index (χ1n) is 6.33. The fourth-order valence-corrected chi connectivity index (χ4v) is 2.22. The highest BCUT2D eigenvalue weighted by molar-refractivity contribution is 5.64. The summed E-state index contributed by atoms with van der Waals surface area (Å²) in [5, 5.41) is 9.05. The van der Waals surface area contributed by atoms with Gasteiger partial charge in [0.25, 0.3) is 0 Å². The first-order chi connectivity index (χ1) is 8.67. The van der Waals surface area contributed by atoms with E-state index in [1.54, 1.807) is 0 Å². The first-order valence-corrected chi connectivity index (χ1v) is 6.33. The lowest BCUT2D eigenvalue weighted by molar-refractivity contribution is 0.888. The third kappa shape index (κ3) is 2.17. The van der Waals surface area contributed by atoms with Gasteiger partial charge in [0, 0.05) is 18.4 Å². The van der Waals surface area contributed by atoms with E-state index in [-0.39, 0.29) is 0 Å². The number of hydrogen-bond acceptors (Lipinski definition) is 1. The molecule has 1 heterocycles. The van der Waals surface area contributed by atoms with Crippen LogP contribution in [0.2, 0.25) is 0 Å². The molecule has 2 rings (SSSR count). The summed E-state index contributed by atoms with van der Waals surface area (Å²) in [6.45, 7) is 4.17. The van der Waals surface area contributed by atoms with Gasteiger partial charge in [-0.1, -0.05) is 37.6 Å². The van der Waals surface area contributed by atoms with Crippen molar-refractivity contribution >= 4 is 0 Å². The molecule has 0 fully saturated rings. The van der Waals surface area contributed by atoms with E-state index < -0.39 is 0 Å².